The Morgan fingerprint density at radius 2 is 2.29 bits per heavy atom. The minimum absolute atomic E-state index is 0.879. The van der Waals surface area contributed by atoms with Gasteiger partial charge in [0.05, 0.1) is 11.9 Å². The smallest absolute Gasteiger partial charge is 0.0726 e. The number of aromatic nitrogens is 2. The third-order valence-corrected chi connectivity index (χ3v) is 3.26. The molecule has 0 saturated carbocycles. The van der Waals surface area contributed by atoms with Gasteiger partial charge in [-0.25, -0.2) is 0 Å². The molecule has 0 aliphatic heterocycles. The van der Waals surface area contributed by atoms with Crippen molar-refractivity contribution in [3.05, 3.63) is 34.3 Å². The number of H-pyrrole nitrogens is 1. The van der Waals surface area contributed by atoms with Crippen molar-refractivity contribution < 1.29 is 0 Å². The molecular weight excluding hydrogens is 194 g/mol. The largest absolute Gasteiger partial charge is 0.378 e. The van der Waals surface area contributed by atoms with Crippen molar-refractivity contribution >= 4 is 17.0 Å². The molecular formula is C10H13N3S. The van der Waals surface area contributed by atoms with Crippen LogP contribution in [0.2, 0.25) is 0 Å². The molecule has 0 amide bonds. The van der Waals surface area contributed by atoms with Crippen molar-refractivity contribution in [2.45, 2.75) is 19.9 Å². The lowest BCUT2D eigenvalue weighted by Gasteiger charge is -1.99. The van der Waals surface area contributed by atoms with Crippen molar-refractivity contribution in [2.75, 3.05) is 5.32 Å². The summed E-state index contributed by atoms with van der Waals surface area (Å²) in [5, 5.41) is 9.94. The molecule has 3 nitrogen and oxygen atoms in total. The fourth-order valence-corrected chi connectivity index (χ4v) is 2.14. The average Bonchev–Trinajstić information content (AvgIpc) is 2.86. The molecule has 2 rings (SSSR count). The van der Waals surface area contributed by atoms with E-state index in [4.69, 9.17) is 0 Å². The number of thiophene rings is 1. The second kappa shape index (κ2) is 4.28. The molecule has 0 unspecified atom stereocenters. The van der Waals surface area contributed by atoms with Crippen LogP contribution in [0.5, 0.6) is 0 Å². The van der Waals surface area contributed by atoms with Gasteiger partial charge in [-0.1, -0.05) is 6.92 Å². The van der Waals surface area contributed by atoms with Crippen molar-refractivity contribution in [1.29, 1.82) is 0 Å². The molecule has 0 bridgehead atoms. The van der Waals surface area contributed by atoms with Gasteiger partial charge in [-0.3, -0.25) is 5.10 Å². The standard InChI is InChI=1S/C10H13N3S/c1-2-9-3-4-10(14-9)7-11-8-5-12-13-6-8/h3-6,11H,2,7H2,1H3,(H,12,13). The van der Waals surface area contributed by atoms with E-state index >= 15 is 0 Å². The maximum absolute atomic E-state index is 3.87. The monoisotopic (exact) mass is 207 g/mol. The molecule has 2 heterocycles. The first-order valence-electron chi connectivity index (χ1n) is 4.68. The summed E-state index contributed by atoms with van der Waals surface area (Å²) < 4.78 is 0. The summed E-state index contributed by atoms with van der Waals surface area (Å²) in [6, 6.07) is 4.37. The van der Waals surface area contributed by atoms with Gasteiger partial charge in [0.15, 0.2) is 0 Å². The molecule has 0 fully saturated rings. The third-order valence-electron chi connectivity index (χ3n) is 2.03. The number of hydrogen-bond acceptors (Lipinski definition) is 3. The third kappa shape index (κ3) is 2.14. The minimum atomic E-state index is 0.879. The van der Waals surface area contributed by atoms with Gasteiger partial charge in [-0.2, -0.15) is 5.10 Å². The van der Waals surface area contributed by atoms with E-state index in [1.165, 1.54) is 9.75 Å². The topological polar surface area (TPSA) is 40.7 Å². The Balaban J connectivity index is 1.92. The molecule has 0 spiro atoms. The first-order valence-corrected chi connectivity index (χ1v) is 5.50. The van der Waals surface area contributed by atoms with Gasteiger partial charge >= 0.3 is 0 Å². The Morgan fingerprint density at radius 3 is 2.93 bits per heavy atom. The van der Waals surface area contributed by atoms with Crippen LogP contribution in [0, 0.1) is 0 Å². The molecule has 74 valence electrons. The van der Waals surface area contributed by atoms with Crippen molar-refractivity contribution in [3.63, 3.8) is 0 Å². The number of anilines is 1. The van der Waals surface area contributed by atoms with E-state index in [0.717, 1.165) is 18.7 Å². The summed E-state index contributed by atoms with van der Waals surface area (Å²) in [4.78, 5) is 2.80. The lowest BCUT2D eigenvalue weighted by atomic mass is 10.3. The van der Waals surface area contributed by atoms with E-state index in [9.17, 15) is 0 Å². The van der Waals surface area contributed by atoms with E-state index in [1.54, 1.807) is 6.20 Å². The number of hydrogen-bond donors (Lipinski definition) is 2. The van der Waals surface area contributed by atoms with E-state index in [-0.39, 0.29) is 0 Å². The molecule has 0 saturated heterocycles. The highest BCUT2D eigenvalue weighted by Crippen LogP contribution is 2.17. The number of aryl methyl sites for hydroxylation is 1. The van der Waals surface area contributed by atoms with Crippen LogP contribution in [-0.4, -0.2) is 10.2 Å². The van der Waals surface area contributed by atoms with E-state index in [2.05, 4.69) is 34.6 Å². The molecule has 0 atom stereocenters. The van der Waals surface area contributed by atoms with Crippen molar-refractivity contribution in [1.82, 2.24) is 10.2 Å². The second-order valence-electron chi connectivity index (χ2n) is 3.06. The van der Waals surface area contributed by atoms with E-state index in [1.807, 2.05) is 17.5 Å². The summed E-state index contributed by atoms with van der Waals surface area (Å²) in [5.41, 5.74) is 1.04. The summed E-state index contributed by atoms with van der Waals surface area (Å²) in [6.45, 7) is 3.06. The normalized spacial score (nSPS) is 10.4. The Hall–Kier alpha value is -1.29. The van der Waals surface area contributed by atoms with Gasteiger partial charge in [-0.05, 0) is 18.6 Å². The Bertz CT molecular complexity index is 378. The summed E-state index contributed by atoms with van der Waals surface area (Å²) in [7, 11) is 0. The first kappa shape index (κ1) is 9.27. The summed E-state index contributed by atoms with van der Waals surface area (Å²) in [6.07, 6.45) is 4.76. The quantitative estimate of drug-likeness (QED) is 0.809. The molecule has 0 aromatic carbocycles. The average molecular weight is 207 g/mol. The SMILES string of the molecule is CCc1ccc(CNc2cn[nH]c2)s1. The zero-order chi connectivity index (χ0) is 9.80. The van der Waals surface area contributed by atoms with Crippen LogP contribution in [0.4, 0.5) is 5.69 Å². The van der Waals surface area contributed by atoms with E-state index < -0.39 is 0 Å². The maximum atomic E-state index is 3.87. The van der Waals surface area contributed by atoms with Crippen LogP contribution in [0.25, 0.3) is 0 Å². The van der Waals surface area contributed by atoms with Gasteiger partial charge in [-0.15, -0.1) is 11.3 Å². The molecule has 0 aliphatic carbocycles. The summed E-state index contributed by atoms with van der Waals surface area (Å²) in [5.74, 6) is 0. The van der Waals surface area contributed by atoms with Crippen molar-refractivity contribution in [2.24, 2.45) is 0 Å². The predicted molar refractivity (Wildman–Crippen MR) is 59.6 cm³/mol. The highest BCUT2D eigenvalue weighted by molar-refractivity contribution is 7.12. The first-order chi connectivity index (χ1) is 6.88. The molecule has 14 heavy (non-hydrogen) atoms. The van der Waals surface area contributed by atoms with Crippen LogP contribution >= 0.6 is 11.3 Å². The number of rotatable bonds is 4. The molecule has 0 aliphatic rings. The molecule has 2 aromatic rings. The van der Waals surface area contributed by atoms with Gasteiger partial charge in [0.1, 0.15) is 0 Å². The van der Waals surface area contributed by atoms with Crippen LogP contribution in [0.3, 0.4) is 0 Å². The van der Waals surface area contributed by atoms with Gasteiger partial charge in [0, 0.05) is 22.5 Å². The molecule has 0 radical (unpaired) electrons. The number of nitrogens with one attached hydrogen (secondary N) is 2. The number of nitrogens with zero attached hydrogens (tertiary/aromatic N) is 1. The lowest BCUT2D eigenvalue weighted by molar-refractivity contribution is 1.09. The van der Waals surface area contributed by atoms with Gasteiger partial charge in [0.25, 0.3) is 0 Å². The molecule has 4 heteroatoms. The Labute approximate surface area is 87.2 Å². The highest BCUT2D eigenvalue weighted by Gasteiger charge is 1.98. The van der Waals surface area contributed by atoms with Crippen LogP contribution in [0.15, 0.2) is 24.5 Å². The maximum Gasteiger partial charge on any atom is 0.0726 e. The van der Waals surface area contributed by atoms with Crippen LogP contribution in [-0.2, 0) is 13.0 Å². The van der Waals surface area contributed by atoms with Crippen LogP contribution in [0.1, 0.15) is 16.7 Å². The Kier molecular flexibility index (Phi) is 2.84. The fraction of sp³-hybridized carbons (Fsp3) is 0.300. The minimum Gasteiger partial charge on any atom is -0.378 e. The van der Waals surface area contributed by atoms with Gasteiger partial charge in [0.2, 0.25) is 0 Å². The molecule has 2 aromatic heterocycles. The zero-order valence-electron chi connectivity index (χ0n) is 8.08. The van der Waals surface area contributed by atoms with E-state index in [0.29, 0.717) is 0 Å². The highest BCUT2D eigenvalue weighted by atomic mass is 32.1. The fourth-order valence-electron chi connectivity index (χ4n) is 1.24. The second-order valence-corrected chi connectivity index (χ2v) is 4.31. The van der Waals surface area contributed by atoms with Gasteiger partial charge < -0.3 is 5.32 Å². The summed E-state index contributed by atoms with van der Waals surface area (Å²) >= 11 is 1.86. The van der Waals surface area contributed by atoms with Crippen molar-refractivity contribution in [3.8, 4) is 0 Å². The molecule has 2 N–H and O–H groups in total. The van der Waals surface area contributed by atoms with Crippen LogP contribution < -0.4 is 5.32 Å². The lowest BCUT2D eigenvalue weighted by Crippen LogP contribution is -1.95. The Morgan fingerprint density at radius 1 is 1.43 bits per heavy atom. The zero-order valence-corrected chi connectivity index (χ0v) is 8.90. The predicted octanol–water partition coefficient (Wildman–Crippen LogP) is 2.65. The number of aromatic amines is 1.